The van der Waals surface area contributed by atoms with Crippen molar-refractivity contribution in [2.24, 2.45) is 0 Å². The van der Waals surface area contributed by atoms with Gasteiger partial charge in [-0.15, -0.1) is 0 Å². The topological polar surface area (TPSA) is 84.5 Å². The Balaban J connectivity index is 1.41. The quantitative estimate of drug-likeness (QED) is 0.251. The number of carbonyl (C=O) groups excluding carboxylic acids is 1. The summed E-state index contributed by atoms with van der Waals surface area (Å²) >= 11 is 0. The molecule has 0 radical (unpaired) electrons. The van der Waals surface area contributed by atoms with Crippen molar-refractivity contribution in [2.75, 3.05) is 10.0 Å². The molecule has 5 rings (SSSR count). The molecule has 0 fully saturated rings. The van der Waals surface area contributed by atoms with Gasteiger partial charge in [-0.3, -0.25) is 9.52 Å². The lowest BCUT2D eigenvalue weighted by molar-refractivity contribution is -0.137. The molecule has 0 saturated carbocycles. The molecule has 198 valence electrons. The van der Waals surface area contributed by atoms with Gasteiger partial charge in [0.05, 0.1) is 10.5 Å². The van der Waals surface area contributed by atoms with Crippen molar-refractivity contribution < 1.29 is 31.1 Å². The molecular weight excluding hydrogens is 529 g/mol. The highest BCUT2D eigenvalue weighted by atomic mass is 32.2. The first-order valence-electron chi connectivity index (χ1n) is 11.7. The summed E-state index contributed by atoms with van der Waals surface area (Å²) in [6.07, 6.45) is -2.91. The number of hydrogen-bond acceptors (Lipinski definition) is 4. The Labute approximate surface area is 222 Å². The molecule has 10 heteroatoms. The van der Waals surface area contributed by atoms with Gasteiger partial charge in [-0.2, -0.15) is 13.2 Å². The van der Waals surface area contributed by atoms with Gasteiger partial charge >= 0.3 is 6.18 Å². The van der Waals surface area contributed by atoms with Crippen molar-refractivity contribution in [1.29, 1.82) is 0 Å². The number of halogens is 3. The Morgan fingerprint density at radius 3 is 2.28 bits per heavy atom. The molecule has 4 aromatic carbocycles. The van der Waals surface area contributed by atoms with Gasteiger partial charge in [0.1, 0.15) is 11.5 Å². The van der Waals surface area contributed by atoms with Gasteiger partial charge in [0.25, 0.3) is 15.9 Å². The lowest BCUT2D eigenvalue weighted by atomic mass is 10.0. The van der Waals surface area contributed by atoms with Crippen LogP contribution >= 0.6 is 0 Å². The molecule has 0 aliphatic carbocycles. The van der Waals surface area contributed by atoms with Crippen LogP contribution in [0.15, 0.2) is 95.9 Å². The number of rotatable bonds is 6. The number of amides is 1. The zero-order valence-corrected chi connectivity index (χ0v) is 21.2. The number of alkyl halides is 3. The number of carbonyl (C=O) groups is 1. The molecule has 0 aromatic heterocycles. The lowest BCUT2D eigenvalue weighted by Gasteiger charge is -2.11. The molecule has 4 aromatic rings. The smallest absolute Gasteiger partial charge is 0.416 e. The molecule has 39 heavy (non-hydrogen) atoms. The maximum absolute atomic E-state index is 13.0. The van der Waals surface area contributed by atoms with Crippen LogP contribution < -0.4 is 14.8 Å². The maximum atomic E-state index is 13.0. The van der Waals surface area contributed by atoms with Crippen molar-refractivity contribution in [3.8, 4) is 11.5 Å². The van der Waals surface area contributed by atoms with E-state index in [0.717, 1.165) is 29.8 Å². The molecule has 0 atom stereocenters. The Morgan fingerprint density at radius 2 is 1.59 bits per heavy atom. The van der Waals surface area contributed by atoms with Crippen molar-refractivity contribution >= 4 is 39.0 Å². The first-order chi connectivity index (χ1) is 18.5. The zero-order chi connectivity index (χ0) is 27.8. The molecule has 0 unspecified atom stereocenters. The van der Waals surface area contributed by atoms with Gasteiger partial charge < -0.3 is 10.1 Å². The Morgan fingerprint density at radius 1 is 0.872 bits per heavy atom. The number of aryl methyl sites for hydroxylation is 1. The highest BCUT2D eigenvalue weighted by Crippen LogP contribution is 2.36. The fraction of sp³-hybridized carbons (Fsp3) is 0.0690. The van der Waals surface area contributed by atoms with Crippen molar-refractivity contribution in [3.63, 3.8) is 0 Å². The van der Waals surface area contributed by atoms with Crippen molar-refractivity contribution in [2.45, 2.75) is 18.0 Å². The van der Waals surface area contributed by atoms with E-state index < -0.39 is 27.7 Å². The molecule has 0 bridgehead atoms. The van der Waals surface area contributed by atoms with E-state index in [9.17, 15) is 26.4 Å². The summed E-state index contributed by atoms with van der Waals surface area (Å²) in [5, 5.41) is 2.72. The largest absolute Gasteiger partial charge is 0.457 e. The summed E-state index contributed by atoms with van der Waals surface area (Å²) < 4.78 is 72.6. The average molecular weight is 551 g/mol. The minimum atomic E-state index is -4.54. The fourth-order valence-corrected chi connectivity index (χ4v) is 5.08. The van der Waals surface area contributed by atoms with E-state index in [0.29, 0.717) is 28.3 Å². The predicted molar refractivity (Wildman–Crippen MR) is 143 cm³/mol. The minimum Gasteiger partial charge on any atom is -0.457 e. The number of fused-ring (bicyclic) bond motifs is 1. The second kappa shape index (κ2) is 9.95. The third-order valence-corrected chi connectivity index (χ3v) is 7.35. The van der Waals surface area contributed by atoms with Crippen LogP contribution in [0.3, 0.4) is 0 Å². The fourth-order valence-electron chi connectivity index (χ4n) is 4.00. The number of sulfonamides is 1. The van der Waals surface area contributed by atoms with Gasteiger partial charge in [-0.25, -0.2) is 8.42 Å². The molecule has 0 saturated heterocycles. The highest BCUT2D eigenvalue weighted by Gasteiger charge is 2.30. The summed E-state index contributed by atoms with van der Waals surface area (Å²) in [4.78, 5) is 12.6. The second-order valence-corrected chi connectivity index (χ2v) is 10.6. The van der Waals surface area contributed by atoms with E-state index in [2.05, 4.69) is 10.0 Å². The summed E-state index contributed by atoms with van der Waals surface area (Å²) in [6, 6.07) is 22.4. The minimum absolute atomic E-state index is 0.0288. The van der Waals surface area contributed by atoms with Crippen LogP contribution in [0.4, 0.5) is 24.5 Å². The van der Waals surface area contributed by atoms with E-state index in [1.54, 1.807) is 30.3 Å². The summed E-state index contributed by atoms with van der Waals surface area (Å²) in [5.74, 6) is 0.814. The lowest BCUT2D eigenvalue weighted by Crippen LogP contribution is -2.13. The monoisotopic (exact) mass is 550 g/mol. The zero-order valence-electron chi connectivity index (χ0n) is 20.4. The van der Waals surface area contributed by atoms with Crippen molar-refractivity contribution in [3.05, 3.63) is 113 Å². The average Bonchev–Trinajstić information content (AvgIpc) is 3.19. The highest BCUT2D eigenvalue weighted by molar-refractivity contribution is 7.92. The van der Waals surface area contributed by atoms with Crippen LogP contribution in [0.2, 0.25) is 0 Å². The van der Waals surface area contributed by atoms with E-state index in [-0.39, 0.29) is 16.2 Å². The number of nitrogens with one attached hydrogen (secondary N) is 2. The third-order valence-electron chi connectivity index (χ3n) is 5.97. The molecule has 6 nitrogen and oxygen atoms in total. The predicted octanol–water partition coefficient (Wildman–Crippen LogP) is 7.10. The van der Waals surface area contributed by atoms with E-state index in [1.807, 2.05) is 31.2 Å². The Kier molecular flexibility index (Phi) is 6.65. The van der Waals surface area contributed by atoms with Crippen LogP contribution in [0, 0.1) is 6.92 Å². The summed E-state index contributed by atoms with van der Waals surface area (Å²) in [6.45, 7) is 1.97. The first kappa shape index (κ1) is 26.1. The molecule has 1 aliphatic heterocycles. The third kappa shape index (κ3) is 5.80. The Bertz CT molecular complexity index is 1700. The molecule has 1 amide bonds. The van der Waals surface area contributed by atoms with Crippen molar-refractivity contribution in [1.82, 2.24) is 0 Å². The number of benzene rings is 4. The van der Waals surface area contributed by atoms with E-state index in [1.165, 1.54) is 18.2 Å². The molecule has 0 spiro atoms. The van der Waals surface area contributed by atoms with Crippen LogP contribution in [-0.2, 0) is 21.0 Å². The SMILES string of the molecule is Cc1ccc(Oc2cccc(C=C3C(=O)Nc4ccc(S(=O)(=O)Nc5ccc(C(F)(F)F)cc5)cc43)c2)cc1. The molecule has 2 N–H and O–H groups in total. The normalized spacial score (nSPS) is 14.2. The summed E-state index contributed by atoms with van der Waals surface area (Å²) in [5.41, 5.74) is 1.90. The maximum Gasteiger partial charge on any atom is 0.416 e. The van der Waals surface area contributed by atoms with Crippen LogP contribution in [0.25, 0.3) is 11.6 Å². The van der Waals surface area contributed by atoms with Gasteiger partial charge in [-0.1, -0.05) is 29.8 Å². The Hall–Kier alpha value is -4.57. The first-order valence-corrected chi connectivity index (χ1v) is 13.2. The molecule has 1 aliphatic rings. The number of ether oxygens (including phenoxy) is 1. The van der Waals surface area contributed by atoms with Crippen LogP contribution in [-0.4, -0.2) is 14.3 Å². The van der Waals surface area contributed by atoms with Gasteiger partial charge in [0, 0.05) is 22.5 Å². The van der Waals surface area contributed by atoms with Gasteiger partial charge in [-0.05, 0) is 85.3 Å². The van der Waals surface area contributed by atoms with Gasteiger partial charge in [0.2, 0.25) is 0 Å². The van der Waals surface area contributed by atoms with Crippen LogP contribution in [0.1, 0.15) is 22.3 Å². The standard InChI is InChI=1S/C29H21F3N2O4S/c1-18-5-11-22(12-6-18)38-23-4-2-3-19(15-23)16-26-25-17-24(13-14-27(25)33-28(26)35)39(36,37)34-21-9-7-20(8-10-21)29(30,31)32/h2-17,34H,1H3,(H,33,35). The molecule has 1 heterocycles. The number of hydrogen-bond donors (Lipinski definition) is 2. The summed E-state index contributed by atoms with van der Waals surface area (Å²) in [7, 11) is -4.16. The number of anilines is 2. The second-order valence-electron chi connectivity index (χ2n) is 8.89. The van der Waals surface area contributed by atoms with E-state index in [4.69, 9.17) is 4.74 Å². The molecular formula is C29H21F3N2O4S. The van der Waals surface area contributed by atoms with Gasteiger partial charge in [0.15, 0.2) is 0 Å². The van der Waals surface area contributed by atoms with E-state index >= 15 is 0 Å². The van der Waals surface area contributed by atoms with Crippen LogP contribution in [0.5, 0.6) is 11.5 Å².